The lowest BCUT2D eigenvalue weighted by atomic mass is 10.1. The summed E-state index contributed by atoms with van der Waals surface area (Å²) in [7, 11) is 0. The fraction of sp³-hybridized carbons (Fsp3) is 0.360. The largest absolute Gasteiger partial charge is 0.465 e. The number of halogens is 7. The minimum atomic E-state index is -4.85. The number of pyridine rings is 2. The Bertz CT molecular complexity index is 1590. The smallest absolute Gasteiger partial charge is 0.408 e. The summed E-state index contributed by atoms with van der Waals surface area (Å²) >= 11 is 0. The summed E-state index contributed by atoms with van der Waals surface area (Å²) in [4.78, 5) is 43.9. The quantitative estimate of drug-likeness (QED) is 0.440. The maximum absolute atomic E-state index is 15.3. The molecule has 1 saturated heterocycles. The number of rotatable bonds is 5. The summed E-state index contributed by atoms with van der Waals surface area (Å²) in [5.74, 6) is -8.29. The van der Waals surface area contributed by atoms with Gasteiger partial charge in [-0.25, -0.2) is 27.3 Å². The summed E-state index contributed by atoms with van der Waals surface area (Å²) < 4.78 is 99.9. The molecule has 41 heavy (non-hydrogen) atoms. The van der Waals surface area contributed by atoms with Crippen LogP contribution in [0.2, 0.25) is 0 Å². The lowest BCUT2D eigenvalue weighted by molar-refractivity contribution is -0.158. The van der Waals surface area contributed by atoms with Gasteiger partial charge in [-0.3, -0.25) is 14.2 Å². The minimum absolute atomic E-state index is 0.0360. The zero-order chi connectivity index (χ0) is 29.8. The molecule has 1 aromatic carbocycles. The first-order chi connectivity index (χ1) is 19.3. The van der Waals surface area contributed by atoms with Crippen molar-refractivity contribution in [3.8, 4) is 5.69 Å². The van der Waals surface area contributed by atoms with Gasteiger partial charge in [0.1, 0.15) is 23.1 Å². The van der Waals surface area contributed by atoms with Gasteiger partial charge < -0.3 is 20.2 Å². The highest BCUT2D eigenvalue weighted by molar-refractivity contribution is 5.97. The van der Waals surface area contributed by atoms with Crippen molar-refractivity contribution in [3.05, 3.63) is 63.5 Å². The molecule has 2 aliphatic rings. The molecule has 16 heteroatoms. The van der Waals surface area contributed by atoms with Crippen molar-refractivity contribution in [2.24, 2.45) is 5.92 Å². The van der Waals surface area contributed by atoms with Gasteiger partial charge in [0.25, 0.3) is 5.91 Å². The molecule has 2 aromatic heterocycles. The zero-order valence-corrected chi connectivity index (χ0v) is 20.8. The average Bonchev–Trinajstić information content (AvgIpc) is 3.72. The van der Waals surface area contributed by atoms with Crippen LogP contribution >= 0.6 is 0 Å². The molecular formula is C25H20F7N5O4. The van der Waals surface area contributed by atoms with Crippen molar-refractivity contribution in [2.45, 2.75) is 25.1 Å². The molecule has 3 aromatic rings. The van der Waals surface area contributed by atoms with E-state index < -0.39 is 86.9 Å². The van der Waals surface area contributed by atoms with Crippen LogP contribution in [-0.2, 0) is 0 Å². The third kappa shape index (κ3) is 5.37. The highest BCUT2D eigenvalue weighted by atomic mass is 19.4. The van der Waals surface area contributed by atoms with E-state index in [1.54, 1.807) is 5.32 Å². The van der Waals surface area contributed by atoms with Crippen LogP contribution in [0.5, 0.6) is 0 Å². The molecule has 218 valence electrons. The number of carbonyl (C=O) groups excluding carboxylic acids is 1. The maximum atomic E-state index is 15.3. The Hall–Kier alpha value is -4.37. The predicted octanol–water partition coefficient (Wildman–Crippen LogP) is 3.81. The van der Waals surface area contributed by atoms with Crippen molar-refractivity contribution >= 4 is 28.9 Å². The second-order valence-electron chi connectivity index (χ2n) is 9.71. The molecule has 2 amide bonds. The number of nitrogens with one attached hydrogen (secondary N) is 1. The molecule has 2 fully saturated rings. The van der Waals surface area contributed by atoms with Crippen molar-refractivity contribution in [1.82, 2.24) is 19.8 Å². The lowest BCUT2D eigenvalue weighted by Crippen LogP contribution is -2.49. The van der Waals surface area contributed by atoms with Gasteiger partial charge >= 0.3 is 12.3 Å². The van der Waals surface area contributed by atoms with Crippen molar-refractivity contribution in [1.29, 1.82) is 0 Å². The molecule has 0 radical (unpaired) electrons. The van der Waals surface area contributed by atoms with Crippen molar-refractivity contribution < 1.29 is 45.4 Å². The standard InChI is InChI=1S/C25H20F7N5O4/c26-12-7-15(27)18(16(28)8-12)37-10-14(23(39)33-20(11-1-2-11)25(30,31)32)19(38)13-9-17(29)22(34-21(13)37)35-3-5-36(6-4-35)24(40)41/h7-11,20H,1-6H2,(H,33,39)(H,40,41)/t20-/m0/s1. The van der Waals surface area contributed by atoms with Crippen LogP contribution < -0.4 is 15.6 Å². The molecule has 5 rings (SSSR count). The molecule has 2 N–H and O–H groups in total. The maximum Gasteiger partial charge on any atom is 0.408 e. The molecule has 3 heterocycles. The first kappa shape index (κ1) is 28.2. The van der Waals surface area contributed by atoms with Gasteiger partial charge in [0.15, 0.2) is 28.9 Å². The Kier molecular flexibility index (Phi) is 7.03. The number of nitrogens with zero attached hydrogens (tertiary/aromatic N) is 4. The third-order valence-electron chi connectivity index (χ3n) is 6.96. The van der Waals surface area contributed by atoms with Crippen LogP contribution in [-0.4, -0.2) is 70.0 Å². The van der Waals surface area contributed by atoms with Crippen molar-refractivity contribution in [2.75, 3.05) is 31.1 Å². The number of hydrogen-bond acceptors (Lipinski definition) is 5. The lowest BCUT2D eigenvalue weighted by Gasteiger charge is -2.34. The monoisotopic (exact) mass is 587 g/mol. The third-order valence-corrected chi connectivity index (χ3v) is 6.96. The molecule has 1 aliphatic heterocycles. The van der Waals surface area contributed by atoms with E-state index in [9.17, 15) is 40.7 Å². The van der Waals surface area contributed by atoms with Gasteiger partial charge in [-0.15, -0.1) is 0 Å². The number of piperazine rings is 1. The van der Waals surface area contributed by atoms with Crippen LogP contribution in [0.15, 0.2) is 29.2 Å². The molecule has 9 nitrogen and oxygen atoms in total. The van der Waals surface area contributed by atoms with E-state index in [0.717, 1.165) is 4.90 Å². The highest BCUT2D eigenvalue weighted by Crippen LogP contribution is 2.40. The number of fused-ring (bicyclic) bond motifs is 1. The van der Waals surface area contributed by atoms with Crippen LogP contribution in [0.3, 0.4) is 0 Å². The van der Waals surface area contributed by atoms with Gasteiger partial charge in [0.2, 0.25) is 5.43 Å². The first-order valence-corrected chi connectivity index (χ1v) is 12.3. The Labute approximate surface area is 225 Å². The molecule has 0 bridgehead atoms. The molecule has 0 unspecified atom stereocenters. The zero-order valence-electron chi connectivity index (χ0n) is 20.8. The molecular weight excluding hydrogens is 567 g/mol. The Morgan fingerprint density at radius 3 is 2.12 bits per heavy atom. The summed E-state index contributed by atoms with van der Waals surface area (Å²) in [6, 6.07) is -1.08. The average molecular weight is 587 g/mol. The second kappa shape index (κ2) is 10.2. The summed E-state index contributed by atoms with van der Waals surface area (Å²) in [5.41, 5.74) is -3.86. The van der Waals surface area contributed by atoms with E-state index in [-0.39, 0.29) is 39.0 Å². The fourth-order valence-corrected chi connectivity index (χ4v) is 4.76. The van der Waals surface area contributed by atoms with Crippen LogP contribution in [0.25, 0.3) is 16.7 Å². The van der Waals surface area contributed by atoms with Gasteiger partial charge in [-0.05, 0) is 24.8 Å². The van der Waals surface area contributed by atoms with Gasteiger partial charge in [0.05, 0.1) is 5.39 Å². The van der Waals surface area contributed by atoms with E-state index in [4.69, 9.17) is 5.11 Å². The summed E-state index contributed by atoms with van der Waals surface area (Å²) in [6.45, 7) is -0.149. The van der Waals surface area contributed by atoms with Crippen LogP contribution in [0, 0.1) is 29.2 Å². The van der Waals surface area contributed by atoms with Gasteiger partial charge in [0, 0.05) is 44.5 Å². The Morgan fingerprint density at radius 2 is 1.59 bits per heavy atom. The van der Waals surface area contributed by atoms with Crippen LogP contribution in [0.1, 0.15) is 23.2 Å². The number of benzene rings is 1. The summed E-state index contributed by atoms with van der Waals surface area (Å²) in [5, 5.41) is 10.2. The van der Waals surface area contributed by atoms with Crippen LogP contribution in [0.4, 0.5) is 41.3 Å². The topological polar surface area (TPSA) is 108 Å². The van der Waals surface area contributed by atoms with Gasteiger partial charge in [-0.2, -0.15) is 13.2 Å². The number of alkyl halides is 3. The first-order valence-electron chi connectivity index (χ1n) is 12.3. The van der Waals surface area contributed by atoms with E-state index in [1.807, 2.05) is 0 Å². The normalized spacial score (nSPS) is 16.7. The Balaban J connectivity index is 1.67. The van der Waals surface area contributed by atoms with E-state index in [2.05, 4.69) is 4.98 Å². The number of hydrogen-bond donors (Lipinski definition) is 2. The number of aromatic nitrogens is 2. The molecule has 0 spiro atoms. The molecule has 1 atom stereocenters. The Morgan fingerprint density at radius 1 is 0.976 bits per heavy atom. The fourth-order valence-electron chi connectivity index (χ4n) is 4.76. The van der Waals surface area contributed by atoms with E-state index >= 15 is 4.39 Å². The SMILES string of the molecule is O=C(N[C@@H](C1CC1)C(F)(F)F)c1cn(-c2c(F)cc(F)cc2F)c2nc(N3CCN(C(=O)O)CC3)c(F)cc2c1=O. The molecule has 1 aliphatic carbocycles. The minimum Gasteiger partial charge on any atom is -0.465 e. The van der Waals surface area contributed by atoms with Crippen molar-refractivity contribution in [3.63, 3.8) is 0 Å². The van der Waals surface area contributed by atoms with Gasteiger partial charge in [-0.1, -0.05) is 0 Å². The summed E-state index contributed by atoms with van der Waals surface area (Å²) in [6.07, 6.45) is -5.13. The predicted molar refractivity (Wildman–Crippen MR) is 129 cm³/mol. The number of carboxylic acid groups (broad SMARTS) is 1. The number of carbonyl (C=O) groups is 2. The second-order valence-corrected chi connectivity index (χ2v) is 9.71. The molecule has 1 saturated carbocycles. The highest BCUT2D eigenvalue weighted by Gasteiger charge is 2.50. The van der Waals surface area contributed by atoms with E-state index in [1.165, 1.54) is 4.90 Å². The number of anilines is 1. The van der Waals surface area contributed by atoms with E-state index in [0.29, 0.717) is 29.0 Å². The number of amides is 2.